The van der Waals surface area contributed by atoms with E-state index in [9.17, 15) is 9.59 Å². The van der Waals surface area contributed by atoms with E-state index in [1.807, 2.05) is 51.1 Å². The predicted octanol–water partition coefficient (Wildman–Crippen LogP) is 4.90. The molecule has 5 nitrogen and oxygen atoms in total. The lowest BCUT2D eigenvalue weighted by Gasteiger charge is -2.15. The van der Waals surface area contributed by atoms with Crippen LogP contribution < -0.4 is 15.4 Å². The van der Waals surface area contributed by atoms with Gasteiger partial charge in [-0.15, -0.1) is 0 Å². The molecular formula is C21H25BrN2O3. The van der Waals surface area contributed by atoms with Gasteiger partial charge < -0.3 is 15.4 Å². The predicted molar refractivity (Wildman–Crippen MR) is 111 cm³/mol. The Morgan fingerprint density at radius 3 is 2.63 bits per heavy atom. The lowest BCUT2D eigenvalue weighted by molar-refractivity contribution is -0.116. The van der Waals surface area contributed by atoms with Crippen molar-refractivity contribution in [2.24, 2.45) is 0 Å². The van der Waals surface area contributed by atoms with Crippen LogP contribution in [0.1, 0.15) is 49.5 Å². The fraction of sp³-hybridized carbons (Fsp3) is 0.333. The Labute approximate surface area is 168 Å². The second-order valence-electron chi connectivity index (χ2n) is 6.49. The highest BCUT2D eigenvalue weighted by Crippen LogP contribution is 2.25. The van der Waals surface area contributed by atoms with Crippen LogP contribution in [0.4, 0.5) is 5.69 Å². The average molecular weight is 433 g/mol. The summed E-state index contributed by atoms with van der Waals surface area (Å²) in [7, 11) is 0. The summed E-state index contributed by atoms with van der Waals surface area (Å²) in [6.07, 6.45) is 1.26. The molecule has 0 bridgehead atoms. The molecule has 0 radical (unpaired) electrons. The molecule has 0 aliphatic carbocycles. The Morgan fingerprint density at radius 2 is 1.93 bits per heavy atom. The van der Waals surface area contributed by atoms with Gasteiger partial charge in [0, 0.05) is 23.1 Å². The molecule has 2 aromatic rings. The third kappa shape index (κ3) is 6.71. The van der Waals surface area contributed by atoms with E-state index in [0.717, 1.165) is 22.1 Å². The molecule has 2 N–H and O–H groups in total. The van der Waals surface area contributed by atoms with E-state index in [2.05, 4.69) is 26.6 Å². The number of rotatable bonds is 8. The second kappa shape index (κ2) is 10.1. The van der Waals surface area contributed by atoms with Gasteiger partial charge in [0.2, 0.25) is 5.91 Å². The van der Waals surface area contributed by atoms with E-state index in [0.29, 0.717) is 24.3 Å². The van der Waals surface area contributed by atoms with Gasteiger partial charge in [0.1, 0.15) is 5.75 Å². The van der Waals surface area contributed by atoms with E-state index in [1.165, 1.54) is 0 Å². The van der Waals surface area contributed by atoms with Crippen LogP contribution in [-0.4, -0.2) is 17.9 Å². The normalized spacial score (nSPS) is 10.6. The Balaban J connectivity index is 2.04. The first kappa shape index (κ1) is 21.0. The first-order chi connectivity index (χ1) is 12.9. The molecule has 0 aromatic heterocycles. The van der Waals surface area contributed by atoms with Gasteiger partial charge in [0.25, 0.3) is 5.91 Å². The summed E-state index contributed by atoms with van der Waals surface area (Å²) in [4.78, 5) is 24.3. The number of halogens is 1. The minimum Gasteiger partial charge on any atom is -0.490 e. The van der Waals surface area contributed by atoms with Crippen molar-refractivity contribution in [3.63, 3.8) is 0 Å². The quantitative estimate of drug-likeness (QED) is 0.622. The zero-order chi connectivity index (χ0) is 19.8. The zero-order valence-corrected chi connectivity index (χ0v) is 17.4. The van der Waals surface area contributed by atoms with E-state index >= 15 is 0 Å². The van der Waals surface area contributed by atoms with Crippen LogP contribution in [0.15, 0.2) is 46.9 Å². The molecular weight excluding hydrogens is 408 g/mol. The van der Waals surface area contributed by atoms with E-state index in [-0.39, 0.29) is 17.9 Å². The minimum atomic E-state index is -0.210. The molecule has 27 heavy (non-hydrogen) atoms. The lowest BCUT2D eigenvalue weighted by atomic mass is 10.1. The average Bonchev–Trinajstić information content (AvgIpc) is 2.60. The summed E-state index contributed by atoms with van der Waals surface area (Å²) >= 11 is 3.40. The highest BCUT2D eigenvalue weighted by Gasteiger charge is 2.14. The fourth-order valence-electron chi connectivity index (χ4n) is 2.52. The van der Waals surface area contributed by atoms with Crippen molar-refractivity contribution in [2.45, 2.75) is 46.3 Å². The van der Waals surface area contributed by atoms with Crippen molar-refractivity contribution in [1.82, 2.24) is 5.32 Å². The third-order valence-electron chi connectivity index (χ3n) is 3.69. The monoisotopic (exact) mass is 432 g/mol. The van der Waals surface area contributed by atoms with Crippen molar-refractivity contribution in [3.05, 3.63) is 58.1 Å². The van der Waals surface area contributed by atoms with E-state index in [4.69, 9.17) is 4.74 Å². The van der Waals surface area contributed by atoms with E-state index in [1.54, 1.807) is 12.1 Å². The molecule has 0 saturated carbocycles. The number of amides is 2. The van der Waals surface area contributed by atoms with Crippen molar-refractivity contribution in [3.8, 4) is 5.75 Å². The summed E-state index contributed by atoms with van der Waals surface area (Å²) in [5, 5.41) is 5.77. The first-order valence-electron chi connectivity index (χ1n) is 9.02. The molecule has 2 rings (SSSR count). The Kier molecular flexibility index (Phi) is 7.85. The number of nitrogens with one attached hydrogen (secondary N) is 2. The van der Waals surface area contributed by atoms with Gasteiger partial charge in [-0.2, -0.15) is 0 Å². The standard InChI is InChI=1S/C21H25BrN2O3/c1-4-6-20(25)24-17-8-5-7-15(11-17)13-23-21(26)18-10-9-16(22)12-19(18)27-14(2)3/h5,7-12,14H,4,6,13H2,1-3H3,(H,23,26)(H,24,25). The third-order valence-corrected chi connectivity index (χ3v) is 4.19. The van der Waals surface area contributed by atoms with Crippen LogP contribution in [0.5, 0.6) is 5.75 Å². The molecule has 0 fully saturated rings. The summed E-state index contributed by atoms with van der Waals surface area (Å²) in [6.45, 7) is 6.15. The molecule has 0 heterocycles. The molecule has 0 atom stereocenters. The summed E-state index contributed by atoms with van der Waals surface area (Å²) < 4.78 is 6.60. The Bertz CT molecular complexity index is 806. The number of ether oxygens (including phenoxy) is 1. The van der Waals surface area contributed by atoms with Crippen LogP contribution in [0.3, 0.4) is 0 Å². The van der Waals surface area contributed by atoms with Gasteiger partial charge in [-0.05, 0) is 56.2 Å². The van der Waals surface area contributed by atoms with Crippen molar-refractivity contribution in [2.75, 3.05) is 5.32 Å². The van der Waals surface area contributed by atoms with Crippen LogP contribution in [-0.2, 0) is 11.3 Å². The van der Waals surface area contributed by atoms with Crippen molar-refractivity contribution in [1.29, 1.82) is 0 Å². The Morgan fingerprint density at radius 1 is 1.15 bits per heavy atom. The smallest absolute Gasteiger partial charge is 0.255 e. The van der Waals surface area contributed by atoms with Crippen LogP contribution in [0.25, 0.3) is 0 Å². The molecule has 144 valence electrons. The summed E-state index contributed by atoms with van der Waals surface area (Å²) in [6, 6.07) is 12.8. The second-order valence-corrected chi connectivity index (χ2v) is 7.40. The maximum Gasteiger partial charge on any atom is 0.255 e. The topological polar surface area (TPSA) is 67.4 Å². The molecule has 6 heteroatoms. The molecule has 0 saturated heterocycles. The van der Waals surface area contributed by atoms with Crippen molar-refractivity contribution < 1.29 is 14.3 Å². The van der Waals surface area contributed by atoms with Gasteiger partial charge in [-0.1, -0.05) is 35.0 Å². The molecule has 0 spiro atoms. The summed E-state index contributed by atoms with van der Waals surface area (Å²) in [5.74, 6) is 0.319. The number of benzene rings is 2. The Hall–Kier alpha value is -2.34. The van der Waals surface area contributed by atoms with Crippen LogP contribution >= 0.6 is 15.9 Å². The summed E-state index contributed by atoms with van der Waals surface area (Å²) in [5.41, 5.74) is 2.12. The number of carbonyl (C=O) groups is 2. The molecule has 0 aliphatic rings. The number of carbonyl (C=O) groups excluding carboxylic acids is 2. The molecule has 0 aliphatic heterocycles. The molecule has 2 amide bonds. The number of hydrogen-bond donors (Lipinski definition) is 2. The van der Waals surface area contributed by atoms with Crippen LogP contribution in [0.2, 0.25) is 0 Å². The van der Waals surface area contributed by atoms with Gasteiger partial charge in [-0.25, -0.2) is 0 Å². The highest BCUT2D eigenvalue weighted by atomic mass is 79.9. The number of hydrogen-bond acceptors (Lipinski definition) is 3. The minimum absolute atomic E-state index is 0.0102. The maximum absolute atomic E-state index is 12.6. The van der Waals surface area contributed by atoms with Crippen LogP contribution in [0, 0.1) is 0 Å². The molecule has 2 aromatic carbocycles. The molecule has 0 unspecified atom stereocenters. The van der Waals surface area contributed by atoms with Gasteiger partial charge in [0.05, 0.1) is 11.7 Å². The van der Waals surface area contributed by atoms with Gasteiger partial charge in [0.15, 0.2) is 0 Å². The number of anilines is 1. The zero-order valence-electron chi connectivity index (χ0n) is 15.8. The van der Waals surface area contributed by atoms with Gasteiger partial charge in [-0.3, -0.25) is 9.59 Å². The van der Waals surface area contributed by atoms with E-state index < -0.39 is 0 Å². The highest BCUT2D eigenvalue weighted by molar-refractivity contribution is 9.10. The SMILES string of the molecule is CCCC(=O)Nc1cccc(CNC(=O)c2ccc(Br)cc2OC(C)C)c1. The lowest BCUT2D eigenvalue weighted by Crippen LogP contribution is -2.24. The first-order valence-corrected chi connectivity index (χ1v) is 9.81. The maximum atomic E-state index is 12.6. The largest absolute Gasteiger partial charge is 0.490 e. The fourth-order valence-corrected chi connectivity index (χ4v) is 2.86. The van der Waals surface area contributed by atoms with Gasteiger partial charge >= 0.3 is 0 Å². The van der Waals surface area contributed by atoms with Crippen molar-refractivity contribution >= 4 is 33.4 Å².